The molecule has 0 heterocycles. The zero-order valence-corrected chi connectivity index (χ0v) is 9.45. The predicted molar refractivity (Wildman–Crippen MR) is 69.1 cm³/mol. The van der Waals surface area contributed by atoms with Crippen LogP contribution in [0.5, 0.6) is 0 Å². The topological polar surface area (TPSA) is 0 Å². The molecular weight excluding hydrogens is 192 g/mol. The smallest absolute Gasteiger partial charge is 0.0238 e. The molecule has 0 nitrogen and oxygen atoms in total. The molecule has 80 valence electrons. The van der Waals surface area contributed by atoms with Crippen molar-refractivity contribution in [2.45, 2.75) is 25.7 Å². The monoisotopic (exact) mass is 208 g/mol. The second kappa shape index (κ2) is 4.13. The van der Waals surface area contributed by atoms with Crippen LogP contribution in [-0.2, 0) is 0 Å². The van der Waals surface area contributed by atoms with Gasteiger partial charge in [0.1, 0.15) is 0 Å². The molecule has 1 aromatic carbocycles. The zero-order valence-electron chi connectivity index (χ0n) is 9.45. The molecule has 0 aliphatic heterocycles. The van der Waals surface area contributed by atoms with Crippen molar-refractivity contribution in [3.05, 3.63) is 64.8 Å². The molecule has 0 heteroatoms. The Bertz CT molecular complexity index is 466. The SMILES string of the molecule is C1=CC(=C2CC2)CCC1=Cc1ccccc1. The van der Waals surface area contributed by atoms with Gasteiger partial charge in [0.2, 0.25) is 0 Å². The summed E-state index contributed by atoms with van der Waals surface area (Å²) < 4.78 is 0. The average Bonchev–Trinajstić information content (AvgIpc) is 3.15. The third kappa shape index (κ3) is 2.16. The van der Waals surface area contributed by atoms with Gasteiger partial charge >= 0.3 is 0 Å². The van der Waals surface area contributed by atoms with Gasteiger partial charge in [-0.2, -0.15) is 0 Å². The summed E-state index contributed by atoms with van der Waals surface area (Å²) in [6.45, 7) is 0. The Morgan fingerprint density at radius 2 is 1.62 bits per heavy atom. The summed E-state index contributed by atoms with van der Waals surface area (Å²) in [6.07, 6.45) is 12.0. The first-order valence-corrected chi connectivity index (χ1v) is 6.06. The molecule has 0 amide bonds. The molecule has 2 aliphatic carbocycles. The molecule has 0 saturated heterocycles. The van der Waals surface area contributed by atoms with Crippen LogP contribution < -0.4 is 0 Å². The first kappa shape index (κ1) is 9.65. The molecule has 1 fully saturated rings. The van der Waals surface area contributed by atoms with Crippen molar-refractivity contribution in [2.24, 2.45) is 0 Å². The molecule has 1 aromatic rings. The Morgan fingerprint density at radius 1 is 0.812 bits per heavy atom. The van der Waals surface area contributed by atoms with Crippen molar-refractivity contribution in [1.29, 1.82) is 0 Å². The van der Waals surface area contributed by atoms with Gasteiger partial charge in [-0.3, -0.25) is 0 Å². The molecule has 0 atom stereocenters. The number of allylic oxidation sites excluding steroid dienone is 5. The van der Waals surface area contributed by atoms with E-state index in [4.69, 9.17) is 0 Å². The lowest BCUT2D eigenvalue weighted by Gasteiger charge is -2.10. The Labute approximate surface area is 97.0 Å². The minimum Gasteiger partial charge on any atom is -0.0664 e. The van der Waals surface area contributed by atoms with Crippen molar-refractivity contribution in [1.82, 2.24) is 0 Å². The van der Waals surface area contributed by atoms with Crippen molar-refractivity contribution < 1.29 is 0 Å². The Hall–Kier alpha value is -1.56. The average molecular weight is 208 g/mol. The molecular formula is C16H16. The molecule has 0 unspecified atom stereocenters. The minimum atomic E-state index is 1.20. The van der Waals surface area contributed by atoms with Gasteiger partial charge in [-0.05, 0) is 42.4 Å². The lowest BCUT2D eigenvalue weighted by atomic mass is 9.95. The third-order valence-corrected chi connectivity index (χ3v) is 3.29. The summed E-state index contributed by atoms with van der Waals surface area (Å²) in [5.41, 5.74) is 6.06. The maximum absolute atomic E-state index is 2.32. The fourth-order valence-corrected chi connectivity index (χ4v) is 2.22. The van der Waals surface area contributed by atoms with Gasteiger partial charge in [-0.25, -0.2) is 0 Å². The van der Waals surface area contributed by atoms with E-state index in [0.29, 0.717) is 0 Å². The maximum atomic E-state index is 2.32. The highest BCUT2D eigenvalue weighted by Gasteiger charge is 2.17. The quantitative estimate of drug-likeness (QED) is 0.637. The highest BCUT2D eigenvalue weighted by Crippen LogP contribution is 2.36. The Morgan fingerprint density at radius 3 is 2.25 bits per heavy atom. The number of hydrogen-bond donors (Lipinski definition) is 0. The molecule has 1 saturated carbocycles. The van der Waals surface area contributed by atoms with Gasteiger partial charge in [-0.15, -0.1) is 0 Å². The molecule has 2 aliphatic rings. The van der Waals surface area contributed by atoms with E-state index in [9.17, 15) is 0 Å². The largest absolute Gasteiger partial charge is 0.0664 e. The maximum Gasteiger partial charge on any atom is -0.0238 e. The van der Waals surface area contributed by atoms with E-state index in [2.05, 4.69) is 48.6 Å². The molecule has 0 spiro atoms. The van der Waals surface area contributed by atoms with Gasteiger partial charge in [0.05, 0.1) is 0 Å². The lowest BCUT2D eigenvalue weighted by molar-refractivity contribution is 0.948. The van der Waals surface area contributed by atoms with Crippen molar-refractivity contribution >= 4 is 6.08 Å². The van der Waals surface area contributed by atoms with Crippen LogP contribution in [0.4, 0.5) is 0 Å². The van der Waals surface area contributed by atoms with Crippen LogP contribution in [0.3, 0.4) is 0 Å². The van der Waals surface area contributed by atoms with Crippen LogP contribution in [0.15, 0.2) is 59.2 Å². The van der Waals surface area contributed by atoms with E-state index >= 15 is 0 Å². The van der Waals surface area contributed by atoms with E-state index in [-0.39, 0.29) is 0 Å². The van der Waals surface area contributed by atoms with Gasteiger partial charge in [0.25, 0.3) is 0 Å². The standard InChI is InChI=1S/C16H16/c1-2-4-13(5-3-1)12-14-6-8-15(9-7-14)16-10-11-16/h1-6,8,12H,7,9-11H2. The van der Waals surface area contributed by atoms with Crippen LogP contribution in [0.2, 0.25) is 0 Å². The second-order valence-corrected chi connectivity index (χ2v) is 4.59. The van der Waals surface area contributed by atoms with E-state index < -0.39 is 0 Å². The highest BCUT2D eigenvalue weighted by molar-refractivity contribution is 5.57. The summed E-state index contributed by atoms with van der Waals surface area (Å²) in [5.74, 6) is 0. The number of rotatable bonds is 1. The van der Waals surface area contributed by atoms with Crippen LogP contribution >= 0.6 is 0 Å². The van der Waals surface area contributed by atoms with Crippen molar-refractivity contribution in [3.63, 3.8) is 0 Å². The fourth-order valence-electron chi connectivity index (χ4n) is 2.22. The molecule has 0 aromatic heterocycles. The summed E-state index contributed by atoms with van der Waals surface area (Å²) in [4.78, 5) is 0. The van der Waals surface area contributed by atoms with Gasteiger partial charge in [0, 0.05) is 0 Å². The second-order valence-electron chi connectivity index (χ2n) is 4.59. The van der Waals surface area contributed by atoms with Crippen molar-refractivity contribution in [2.75, 3.05) is 0 Å². The number of benzene rings is 1. The Balaban J connectivity index is 1.81. The summed E-state index contributed by atoms with van der Waals surface area (Å²) in [6, 6.07) is 10.6. The zero-order chi connectivity index (χ0) is 10.8. The highest BCUT2D eigenvalue weighted by atomic mass is 14.2. The molecule has 3 rings (SSSR count). The first-order valence-electron chi connectivity index (χ1n) is 6.06. The molecule has 0 N–H and O–H groups in total. The fraction of sp³-hybridized carbons (Fsp3) is 0.250. The molecule has 16 heavy (non-hydrogen) atoms. The van der Waals surface area contributed by atoms with Crippen LogP contribution in [0, 0.1) is 0 Å². The predicted octanol–water partition coefficient (Wildman–Crippen LogP) is 4.51. The van der Waals surface area contributed by atoms with E-state index in [1.54, 1.807) is 11.1 Å². The summed E-state index contributed by atoms with van der Waals surface area (Å²) in [5, 5.41) is 0. The van der Waals surface area contributed by atoms with Crippen LogP contribution in [-0.4, -0.2) is 0 Å². The number of hydrogen-bond acceptors (Lipinski definition) is 0. The van der Waals surface area contributed by atoms with Crippen LogP contribution in [0.1, 0.15) is 31.2 Å². The summed E-state index contributed by atoms with van der Waals surface area (Å²) in [7, 11) is 0. The molecule has 0 radical (unpaired) electrons. The minimum absolute atomic E-state index is 1.20. The van der Waals surface area contributed by atoms with Crippen molar-refractivity contribution in [3.8, 4) is 0 Å². The van der Waals surface area contributed by atoms with Gasteiger partial charge in [0.15, 0.2) is 0 Å². The third-order valence-electron chi connectivity index (χ3n) is 3.29. The van der Waals surface area contributed by atoms with E-state index in [0.717, 1.165) is 0 Å². The molecule has 0 bridgehead atoms. The van der Waals surface area contributed by atoms with Gasteiger partial charge in [-0.1, -0.05) is 54.1 Å². The lowest BCUT2D eigenvalue weighted by Crippen LogP contribution is -1.90. The normalized spacial score (nSPS) is 21.6. The van der Waals surface area contributed by atoms with E-state index in [1.807, 2.05) is 0 Å². The first-order chi connectivity index (χ1) is 7.92. The summed E-state index contributed by atoms with van der Waals surface area (Å²) >= 11 is 0. The van der Waals surface area contributed by atoms with Gasteiger partial charge < -0.3 is 0 Å². The van der Waals surface area contributed by atoms with Crippen LogP contribution in [0.25, 0.3) is 6.08 Å². The Kier molecular flexibility index (Phi) is 2.49. The van der Waals surface area contributed by atoms with E-state index in [1.165, 1.54) is 36.8 Å².